The number of nitrogens with one attached hydrogen (secondary N) is 1. The second-order valence-electron chi connectivity index (χ2n) is 4.39. The standard InChI is InChI=1S/C14H14N4O6/c1-4-7-24-14(19)9(2)10(3)15-16-12-6-5-11(17(20)21)8-13(12)18(22)23/h4-6,8,16H,1-2,7H2,3H3/b15-10+. The smallest absolute Gasteiger partial charge is 0.339 e. The molecule has 0 saturated heterocycles. The van der Waals surface area contributed by atoms with Crippen LogP contribution in [0.5, 0.6) is 0 Å². The summed E-state index contributed by atoms with van der Waals surface area (Å²) in [6.07, 6.45) is 1.39. The quantitative estimate of drug-likeness (QED) is 0.192. The zero-order chi connectivity index (χ0) is 18.3. The van der Waals surface area contributed by atoms with Crippen LogP contribution in [0.1, 0.15) is 6.92 Å². The lowest BCUT2D eigenvalue weighted by Gasteiger charge is -2.06. The summed E-state index contributed by atoms with van der Waals surface area (Å²) in [5.41, 5.74) is 1.45. The van der Waals surface area contributed by atoms with Gasteiger partial charge in [0.1, 0.15) is 12.3 Å². The number of non-ortho nitro benzene ring substituents is 1. The van der Waals surface area contributed by atoms with Gasteiger partial charge in [0.05, 0.1) is 27.2 Å². The summed E-state index contributed by atoms with van der Waals surface area (Å²) in [5.74, 6) is -0.712. The molecule has 0 aliphatic carbocycles. The monoisotopic (exact) mass is 334 g/mol. The van der Waals surface area contributed by atoms with Gasteiger partial charge in [0.25, 0.3) is 5.69 Å². The van der Waals surface area contributed by atoms with Crippen molar-refractivity contribution in [2.75, 3.05) is 12.0 Å². The minimum Gasteiger partial charge on any atom is -0.458 e. The van der Waals surface area contributed by atoms with E-state index in [4.69, 9.17) is 4.74 Å². The number of hydrogen-bond acceptors (Lipinski definition) is 8. The van der Waals surface area contributed by atoms with E-state index in [1.165, 1.54) is 13.0 Å². The van der Waals surface area contributed by atoms with Crippen LogP contribution in [0.3, 0.4) is 0 Å². The van der Waals surface area contributed by atoms with Crippen LogP contribution in [0, 0.1) is 20.2 Å². The number of carbonyl (C=O) groups is 1. The molecule has 10 nitrogen and oxygen atoms in total. The second-order valence-corrected chi connectivity index (χ2v) is 4.39. The summed E-state index contributed by atoms with van der Waals surface area (Å²) < 4.78 is 4.78. The molecule has 0 fully saturated rings. The first-order valence-corrected chi connectivity index (χ1v) is 6.48. The Kier molecular flexibility index (Phi) is 6.30. The first-order chi connectivity index (χ1) is 11.3. The zero-order valence-corrected chi connectivity index (χ0v) is 12.7. The van der Waals surface area contributed by atoms with E-state index >= 15 is 0 Å². The Hall–Kier alpha value is -3.56. The summed E-state index contributed by atoms with van der Waals surface area (Å²) in [4.78, 5) is 31.7. The highest BCUT2D eigenvalue weighted by Gasteiger charge is 2.19. The van der Waals surface area contributed by atoms with E-state index in [2.05, 4.69) is 23.7 Å². The number of nitrogens with zero attached hydrogens (tertiary/aromatic N) is 3. The Balaban J connectivity index is 2.98. The molecule has 1 aromatic carbocycles. The average molecular weight is 334 g/mol. The number of nitro groups is 2. The normalized spacial score (nSPS) is 10.6. The fourth-order valence-electron chi connectivity index (χ4n) is 1.46. The van der Waals surface area contributed by atoms with Gasteiger partial charge >= 0.3 is 11.7 Å². The molecule has 1 aromatic rings. The van der Waals surface area contributed by atoms with E-state index in [0.717, 1.165) is 18.2 Å². The molecule has 0 amide bonds. The molecule has 0 unspecified atom stereocenters. The minimum atomic E-state index is -0.784. The van der Waals surface area contributed by atoms with Crippen molar-refractivity contribution in [1.29, 1.82) is 0 Å². The van der Waals surface area contributed by atoms with Crippen molar-refractivity contribution < 1.29 is 19.4 Å². The molecule has 0 heterocycles. The molecule has 0 saturated carbocycles. The van der Waals surface area contributed by atoms with E-state index in [1.54, 1.807) is 0 Å². The van der Waals surface area contributed by atoms with Crippen molar-refractivity contribution in [3.63, 3.8) is 0 Å². The maximum Gasteiger partial charge on any atom is 0.339 e. The summed E-state index contributed by atoms with van der Waals surface area (Å²) in [6, 6.07) is 3.04. The van der Waals surface area contributed by atoms with Gasteiger partial charge in [-0.25, -0.2) is 4.79 Å². The van der Waals surface area contributed by atoms with Crippen LogP contribution < -0.4 is 5.43 Å². The van der Waals surface area contributed by atoms with Crippen LogP contribution in [0.4, 0.5) is 17.1 Å². The third kappa shape index (κ3) is 4.73. The molecule has 0 radical (unpaired) electrons. The van der Waals surface area contributed by atoms with E-state index in [0.29, 0.717) is 0 Å². The highest BCUT2D eigenvalue weighted by molar-refractivity contribution is 6.18. The van der Waals surface area contributed by atoms with Crippen molar-refractivity contribution in [2.24, 2.45) is 5.10 Å². The number of esters is 1. The minimum absolute atomic E-state index is 0.00634. The Labute approximate surface area is 136 Å². The molecule has 1 rings (SSSR count). The summed E-state index contributed by atoms with van der Waals surface area (Å²) in [5, 5.41) is 25.5. The number of hydrazone groups is 1. The van der Waals surface area contributed by atoms with Crippen LogP contribution in [-0.2, 0) is 9.53 Å². The molecular weight excluding hydrogens is 320 g/mol. The van der Waals surface area contributed by atoms with Crippen molar-refractivity contribution in [3.05, 3.63) is 63.2 Å². The van der Waals surface area contributed by atoms with Crippen LogP contribution in [0.25, 0.3) is 0 Å². The molecule has 0 spiro atoms. The Morgan fingerprint density at radius 3 is 2.58 bits per heavy atom. The average Bonchev–Trinajstić information content (AvgIpc) is 2.56. The third-order valence-electron chi connectivity index (χ3n) is 2.75. The predicted octanol–water partition coefficient (Wildman–Crippen LogP) is 2.58. The van der Waals surface area contributed by atoms with Crippen LogP contribution in [0.2, 0.25) is 0 Å². The molecule has 24 heavy (non-hydrogen) atoms. The van der Waals surface area contributed by atoms with Crippen molar-refractivity contribution in [3.8, 4) is 0 Å². The summed E-state index contributed by atoms with van der Waals surface area (Å²) >= 11 is 0. The summed E-state index contributed by atoms with van der Waals surface area (Å²) in [6.45, 7) is 8.36. The van der Waals surface area contributed by atoms with E-state index in [9.17, 15) is 25.0 Å². The maximum absolute atomic E-state index is 11.6. The van der Waals surface area contributed by atoms with Crippen LogP contribution in [-0.4, -0.2) is 28.1 Å². The summed E-state index contributed by atoms with van der Waals surface area (Å²) in [7, 11) is 0. The molecule has 0 aromatic heterocycles. The third-order valence-corrected chi connectivity index (χ3v) is 2.75. The lowest BCUT2D eigenvalue weighted by Crippen LogP contribution is -2.14. The Morgan fingerprint density at radius 2 is 2.04 bits per heavy atom. The molecule has 0 aliphatic heterocycles. The SMILES string of the molecule is C=CCOC(=O)C(=C)/C(C)=N/Nc1ccc([N+](=O)[O-])cc1[N+](=O)[O-]. The van der Waals surface area contributed by atoms with Crippen molar-refractivity contribution >= 4 is 28.7 Å². The lowest BCUT2D eigenvalue weighted by atomic mass is 10.2. The molecular formula is C14H14N4O6. The van der Waals surface area contributed by atoms with Gasteiger partial charge in [-0.3, -0.25) is 25.7 Å². The Morgan fingerprint density at radius 1 is 1.38 bits per heavy atom. The molecule has 10 heteroatoms. The van der Waals surface area contributed by atoms with Gasteiger partial charge in [0.15, 0.2) is 0 Å². The molecule has 1 N–H and O–H groups in total. The van der Waals surface area contributed by atoms with Gasteiger partial charge in [-0.2, -0.15) is 5.10 Å². The van der Waals surface area contributed by atoms with E-state index in [1.807, 2.05) is 0 Å². The number of carbonyl (C=O) groups excluding carboxylic acids is 1. The molecule has 0 aliphatic rings. The highest BCUT2D eigenvalue weighted by atomic mass is 16.6. The number of ether oxygens (including phenoxy) is 1. The molecule has 0 bridgehead atoms. The van der Waals surface area contributed by atoms with Gasteiger partial charge in [-0.1, -0.05) is 19.2 Å². The maximum atomic E-state index is 11.6. The topological polar surface area (TPSA) is 137 Å². The van der Waals surface area contributed by atoms with Crippen molar-refractivity contribution in [1.82, 2.24) is 0 Å². The molecule has 0 atom stereocenters. The van der Waals surface area contributed by atoms with Crippen molar-refractivity contribution in [2.45, 2.75) is 6.92 Å². The predicted molar refractivity (Wildman–Crippen MR) is 86.8 cm³/mol. The van der Waals surface area contributed by atoms with Gasteiger partial charge < -0.3 is 4.74 Å². The lowest BCUT2D eigenvalue weighted by molar-refractivity contribution is -0.393. The fourth-order valence-corrected chi connectivity index (χ4v) is 1.46. The first kappa shape index (κ1) is 18.5. The fraction of sp³-hybridized carbons (Fsp3) is 0.143. The number of rotatable bonds is 8. The number of hydrogen-bond donors (Lipinski definition) is 1. The van der Waals surface area contributed by atoms with Gasteiger partial charge in [-0.05, 0) is 13.0 Å². The second kappa shape index (κ2) is 8.17. The van der Waals surface area contributed by atoms with E-state index < -0.39 is 27.2 Å². The van der Waals surface area contributed by atoms with E-state index in [-0.39, 0.29) is 23.6 Å². The van der Waals surface area contributed by atoms with Gasteiger partial charge in [-0.15, -0.1) is 0 Å². The number of benzene rings is 1. The molecule has 126 valence electrons. The van der Waals surface area contributed by atoms with Gasteiger partial charge in [0.2, 0.25) is 0 Å². The highest BCUT2D eigenvalue weighted by Crippen LogP contribution is 2.28. The largest absolute Gasteiger partial charge is 0.458 e. The Bertz CT molecular complexity index is 741. The van der Waals surface area contributed by atoms with Crippen LogP contribution >= 0.6 is 0 Å². The van der Waals surface area contributed by atoms with Crippen LogP contribution in [0.15, 0.2) is 48.1 Å². The number of nitro benzene ring substituents is 2. The number of anilines is 1. The zero-order valence-electron chi connectivity index (χ0n) is 12.7. The first-order valence-electron chi connectivity index (χ1n) is 6.48. The van der Waals surface area contributed by atoms with Gasteiger partial charge in [0, 0.05) is 6.07 Å².